The summed E-state index contributed by atoms with van der Waals surface area (Å²) in [6.45, 7) is 0. The summed E-state index contributed by atoms with van der Waals surface area (Å²) < 4.78 is 19.9. The van der Waals surface area contributed by atoms with Crippen LogP contribution >= 0.6 is 0 Å². The molecule has 0 aliphatic carbocycles. The third-order valence-electron chi connectivity index (χ3n) is 1.02. The molecule has 0 spiro atoms. The number of nitro groups is 1. The van der Waals surface area contributed by atoms with Crippen LogP contribution in [0, 0.1) is 10.1 Å². The number of rotatable bonds is 2. The molecule has 0 bridgehead atoms. The summed E-state index contributed by atoms with van der Waals surface area (Å²) in [7, 11) is 0. The smallest absolute Gasteiger partial charge is 0.358 e. The SMILES string of the molecule is O=[N+]([O-])c1nonc1-n1oooo1. The van der Waals surface area contributed by atoms with Crippen molar-refractivity contribution in [3.05, 3.63) is 10.1 Å². The molecule has 70 valence electrons. The first-order valence-corrected chi connectivity index (χ1v) is 2.74. The Labute approximate surface area is 66.6 Å². The molecule has 11 nitrogen and oxygen atoms in total. The van der Waals surface area contributed by atoms with Crippen LogP contribution in [0.25, 0.3) is 5.82 Å². The van der Waals surface area contributed by atoms with Crippen molar-refractivity contribution in [2.75, 3.05) is 0 Å². The van der Waals surface area contributed by atoms with Gasteiger partial charge in [-0.05, 0) is 14.4 Å². The Morgan fingerprint density at radius 3 is 2.62 bits per heavy atom. The van der Waals surface area contributed by atoms with Crippen molar-refractivity contribution in [1.82, 2.24) is 15.2 Å². The first-order chi connectivity index (χ1) is 6.29. The highest BCUT2D eigenvalue weighted by Gasteiger charge is 2.28. The molecule has 2 heterocycles. The molecule has 0 atom stereocenters. The largest absolute Gasteiger partial charge is 0.466 e. The fourth-order valence-electron chi connectivity index (χ4n) is 0.573. The van der Waals surface area contributed by atoms with E-state index in [9.17, 15) is 10.1 Å². The third kappa shape index (κ3) is 1.07. The van der Waals surface area contributed by atoms with Gasteiger partial charge in [-0.1, -0.05) is 0 Å². The maximum Gasteiger partial charge on any atom is 0.466 e. The molecule has 0 N–H and O–H groups in total. The second kappa shape index (κ2) is 2.54. The highest BCUT2D eigenvalue weighted by molar-refractivity contribution is 5.34. The van der Waals surface area contributed by atoms with E-state index in [1.165, 1.54) is 0 Å². The van der Waals surface area contributed by atoms with E-state index in [1.807, 2.05) is 0 Å². The molecule has 2 aromatic heterocycles. The topological polar surface area (TPSA) is 140 Å². The summed E-state index contributed by atoms with van der Waals surface area (Å²) >= 11 is 0. The minimum Gasteiger partial charge on any atom is -0.358 e. The van der Waals surface area contributed by atoms with Gasteiger partial charge in [-0.25, -0.2) is 0 Å². The van der Waals surface area contributed by atoms with Gasteiger partial charge < -0.3 is 10.1 Å². The Morgan fingerprint density at radius 1 is 1.31 bits per heavy atom. The van der Waals surface area contributed by atoms with E-state index in [4.69, 9.17) is 0 Å². The van der Waals surface area contributed by atoms with Crippen LogP contribution in [0.3, 0.4) is 0 Å². The van der Waals surface area contributed by atoms with Crippen LogP contribution in [0.2, 0.25) is 0 Å². The van der Waals surface area contributed by atoms with Crippen molar-refractivity contribution in [3.8, 4) is 5.82 Å². The summed E-state index contributed by atoms with van der Waals surface area (Å²) in [5.41, 5.74) is 0. The molecule has 0 saturated carbocycles. The molecule has 0 aliphatic heterocycles. The Bertz CT molecular complexity index is 417. The molecule has 0 radical (unpaired) electrons. The first-order valence-electron chi connectivity index (χ1n) is 2.74. The lowest BCUT2D eigenvalue weighted by Crippen LogP contribution is -1.96. The summed E-state index contributed by atoms with van der Waals surface area (Å²) in [6.07, 6.45) is 0. The monoisotopic (exact) mass is 192 g/mol. The first kappa shape index (κ1) is 7.20. The van der Waals surface area contributed by atoms with Crippen molar-refractivity contribution in [1.29, 1.82) is 0 Å². The average molecular weight is 192 g/mol. The zero-order chi connectivity index (χ0) is 9.26. The van der Waals surface area contributed by atoms with Crippen molar-refractivity contribution in [3.63, 3.8) is 0 Å². The summed E-state index contributed by atoms with van der Waals surface area (Å²) in [4.78, 5) is 9.78. The van der Waals surface area contributed by atoms with Gasteiger partial charge in [-0.3, -0.25) is 0 Å². The number of aromatic nitrogens is 3. The average Bonchev–Trinajstić information content (AvgIpc) is 2.74. The van der Waals surface area contributed by atoms with Crippen molar-refractivity contribution < 1.29 is 28.4 Å². The van der Waals surface area contributed by atoms with E-state index in [-0.39, 0.29) is 0 Å². The Hall–Kier alpha value is -2.46. The molecule has 0 fully saturated rings. The van der Waals surface area contributed by atoms with Gasteiger partial charge in [0.1, 0.15) is 0 Å². The summed E-state index contributed by atoms with van der Waals surface area (Å²) in [5, 5.41) is 16.3. The van der Waals surface area contributed by atoms with Gasteiger partial charge in [-0.2, -0.15) is 0 Å². The highest BCUT2D eigenvalue weighted by Crippen LogP contribution is 2.16. The van der Waals surface area contributed by atoms with Gasteiger partial charge >= 0.3 is 11.6 Å². The molecule has 0 unspecified atom stereocenters. The maximum absolute atomic E-state index is 10.3. The molecular formula is C2N4O7. The molecule has 2 aromatic rings. The van der Waals surface area contributed by atoms with Crippen LogP contribution in [0.15, 0.2) is 23.5 Å². The van der Waals surface area contributed by atoms with Gasteiger partial charge in [0.05, 0.1) is 4.91 Å². The standard InChI is InChI=1S/C2N4O7/c7-5(8)1-2(4-9-3-1)6-10-12-13-11-6. The second-order valence-electron chi connectivity index (χ2n) is 1.71. The van der Waals surface area contributed by atoms with Gasteiger partial charge in [0.25, 0.3) is 0 Å². The van der Waals surface area contributed by atoms with Crippen LogP contribution < -0.4 is 0 Å². The number of hydrogen-bond donors (Lipinski definition) is 0. The van der Waals surface area contributed by atoms with Crippen LogP contribution in [0.5, 0.6) is 0 Å². The van der Waals surface area contributed by atoms with Crippen LogP contribution in [0.4, 0.5) is 5.82 Å². The van der Waals surface area contributed by atoms with Crippen molar-refractivity contribution in [2.24, 2.45) is 0 Å². The zero-order valence-corrected chi connectivity index (χ0v) is 5.65. The lowest BCUT2D eigenvalue weighted by atomic mass is 10.7. The lowest BCUT2D eigenvalue weighted by Gasteiger charge is -1.84. The van der Waals surface area contributed by atoms with E-state index in [0.29, 0.717) is 4.91 Å². The minimum absolute atomic E-state index is 0.370. The summed E-state index contributed by atoms with van der Waals surface area (Å²) in [5.74, 6) is -1.14. The predicted molar refractivity (Wildman–Crippen MR) is 27.0 cm³/mol. The van der Waals surface area contributed by atoms with Crippen molar-refractivity contribution in [2.45, 2.75) is 0 Å². The number of hydrogen-bond acceptors (Lipinski definition) is 9. The molecule has 11 heteroatoms. The predicted octanol–water partition coefficient (Wildman–Crippen LogP) is 0.265. The lowest BCUT2D eigenvalue weighted by molar-refractivity contribution is -0.391. The minimum atomic E-state index is -0.850. The van der Waals surface area contributed by atoms with Gasteiger partial charge in [0, 0.05) is 5.16 Å². The van der Waals surface area contributed by atoms with Gasteiger partial charge in [-0.15, -0.1) is 14.0 Å². The van der Waals surface area contributed by atoms with Crippen LogP contribution in [-0.4, -0.2) is 20.1 Å². The molecule has 0 saturated heterocycles. The Balaban J connectivity index is 2.52. The molecular weight excluding hydrogens is 192 g/mol. The fourth-order valence-corrected chi connectivity index (χ4v) is 0.573. The maximum atomic E-state index is 10.3. The molecule has 0 aromatic carbocycles. The molecule has 0 amide bonds. The van der Waals surface area contributed by atoms with E-state index >= 15 is 0 Å². The normalized spacial score (nSPS) is 10.2. The molecule has 2 rings (SSSR count). The third-order valence-corrected chi connectivity index (χ3v) is 1.02. The quantitative estimate of drug-likeness (QED) is 0.372. The molecule has 13 heavy (non-hydrogen) atoms. The van der Waals surface area contributed by atoms with E-state index < -0.39 is 16.6 Å². The van der Waals surface area contributed by atoms with Crippen molar-refractivity contribution >= 4 is 5.82 Å². The van der Waals surface area contributed by atoms with Crippen LogP contribution in [-0.2, 0) is 0 Å². The van der Waals surface area contributed by atoms with Crippen LogP contribution in [0.1, 0.15) is 0 Å². The zero-order valence-electron chi connectivity index (χ0n) is 5.65. The Morgan fingerprint density at radius 2 is 2.00 bits per heavy atom. The second-order valence-corrected chi connectivity index (χ2v) is 1.71. The summed E-state index contributed by atoms with van der Waals surface area (Å²) in [6, 6.07) is 0. The van der Waals surface area contributed by atoms with E-state index in [2.05, 4.69) is 33.8 Å². The van der Waals surface area contributed by atoms with Gasteiger partial charge in [0.2, 0.25) is 0 Å². The number of nitrogens with zero attached hydrogens (tertiary/aromatic N) is 4. The fraction of sp³-hybridized carbons (Fsp3) is 0. The van der Waals surface area contributed by atoms with Gasteiger partial charge in [0.15, 0.2) is 5.16 Å². The highest BCUT2D eigenvalue weighted by atomic mass is 17.5. The van der Waals surface area contributed by atoms with E-state index in [1.54, 1.807) is 0 Å². The Kier molecular flexibility index (Phi) is 1.41. The molecule has 0 aliphatic rings. The van der Waals surface area contributed by atoms with E-state index in [0.717, 1.165) is 0 Å².